The van der Waals surface area contributed by atoms with Crippen molar-refractivity contribution in [1.29, 1.82) is 0 Å². The molecule has 32 heavy (non-hydrogen) atoms. The summed E-state index contributed by atoms with van der Waals surface area (Å²) < 4.78 is 0. The van der Waals surface area contributed by atoms with E-state index in [1.165, 1.54) is 18.6 Å². The SMILES string of the molecule is CN1CCCN(CCN2CCCN(C(=O)c3ccc([N+](=O)[O-])cc3)c3ccccc32)CC1. The zero-order chi connectivity index (χ0) is 22.5. The number of carbonyl (C=O) groups excluding carboxylic acids is 1. The fourth-order valence-corrected chi connectivity index (χ4v) is 4.53. The van der Waals surface area contributed by atoms with Gasteiger partial charge >= 0.3 is 0 Å². The Morgan fingerprint density at radius 2 is 1.59 bits per heavy atom. The van der Waals surface area contributed by atoms with Gasteiger partial charge in [-0.25, -0.2) is 0 Å². The number of hydrogen-bond donors (Lipinski definition) is 0. The van der Waals surface area contributed by atoms with Crippen LogP contribution in [0.3, 0.4) is 0 Å². The number of fused-ring (bicyclic) bond motifs is 1. The number of carbonyl (C=O) groups is 1. The highest BCUT2D eigenvalue weighted by molar-refractivity contribution is 6.08. The van der Waals surface area contributed by atoms with Crippen LogP contribution in [-0.4, -0.2) is 80.0 Å². The summed E-state index contributed by atoms with van der Waals surface area (Å²) in [5.74, 6) is -0.121. The molecule has 0 atom stereocenters. The molecule has 2 aromatic carbocycles. The smallest absolute Gasteiger partial charge is 0.269 e. The number of nitrogens with zero attached hydrogens (tertiary/aromatic N) is 5. The minimum Gasteiger partial charge on any atom is -0.368 e. The molecule has 2 aliphatic rings. The Morgan fingerprint density at radius 1 is 0.875 bits per heavy atom. The quantitative estimate of drug-likeness (QED) is 0.529. The van der Waals surface area contributed by atoms with Crippen LogP contribution in [0.1, 0.15) is 23.2 Å². The summed E-state index contributed by atoms with van der Waals surface area (Å²) >= 11 is 0. The predicted octanol–water partition coefficient (Wildman–Crippen LogP) is 3.09. The highest BCUT2D eigenvalue weighted by atomic mass is 16.6. The van der Waals surface area contributed by atoms with Gasteiger partial charge in [0.1, 0.15) is 0 Å². The van der Waals surface area contributed by atoms with Crippen molar-refractivity contribution in [2.75, 3.05) is 69.2 Å². The van der Waals surface area contributed by atoms with Gasteiger partial charge in [0, 0.05) is 57.0 Å². The number of non-ortho nitro benzene ring substituents is 1. The first-order valence-corrected chi connectivity index (χ1v) is 11.3. The van der Waals surface area contributed by atoms with Crippen LogP contribution in [0.5, 0.6) is 0 Å². The molecule has 1 fully saturated rings. The minimum absolute atomic E-state index is 0.0105. The predicted molar refractivity (Wildman–Crippen MR) is 127 cm³/mol. The van der Waals surface area contributed by atoms with Crippen LogP contribution < -0.4 is 9.80 Å². The van der Waals surface area contributed by atoms with E-state index in [1.807, 2.05) is 23.1 Å². The number of nitro benzene ring substituents is 1. The topological polar surface area (TPSA) is 73.2 Å². The van der Waals surface area contributed by atoms with Crippen molar-refractivity contribution >= 4 is 23.0 Å². The molecule has 2 heterocycles. The number of rotatable bonds is 5. The Balaban J connectivity index is 1.50. The molecule has 8 nitrogen and oxygen atoms in total. The Kier molecular flexibility index (Phi) is 7.02. The molecular formula is C24H31N5O3. The van der Waals surface area contributed by atoms with E-state index in [1.54, 1.807) is 12.1 Å². The lowest BCUT2D eigenvalue weighted by Gasteiger charge is -2.29. The van der Waals surface area contributed by atoms with Crippen LogP contribution >= 0.6 is 0 Å². The largest absolute Gasteiger partial charge is 0.368 e. The average Bonchev–Trinajstić information content (AvgIpc) is 3.13. The third-order valence-electron chi connectivity index (χ3n) is 6.39. The van der Waals surface area contributed by atoms with Gasteiger partial charge in [0.15, 0.2) is 0 Å². The van der Waals surface area contributed by atoms with Crippen molar-refractivity contribution in [2.45, 2.75) is 12.8 Å². The van der Waals surface area contributed by atoms with Crippen LogP contribution in [0.25, 0.3) is 0 Å². The molecule has 0 bridgehead atoms. The van der Waals surface area contributed by atoms with E-state index >= 15 is 0 Å². The molecule has 4 rings (SSSR count). The van der Waals surface area contributed by atoms with Crippen LogP contribution in [0, 0.1) is 10.1 Å². The molecule has 0 aromatic heterocycles. The summed E-state index contributed by atoms with van der Waals surface area (Å²) in [7, 11) is 2.19. The van der Waals surface area contributed by atoms with Crippen LogP contribution in [0.2, 0.25) is 0 Å². The molecule has 1 saturated heterocycles. The zero-order valence-electron chi connectivity index (χ0n) is 18.7. The molecule has 0 spiro atoms. The van der Waals surface area contributed by atoms with Crippen LogP contribution in [0.4, 0.5) is 17.1 Å². The fourth-order valence-electron chi connectivity index (χ4n) is 4.53. The summed E-state index contributed by atoms with van der Waals surface area (Å²) in [5.41, 5.74) is 2.44. The molecule has 2 aliphatic heterocycles. The molecule has 2 aromatic rings. The molecular weight excluding hydrogens is 406 g/mol. The minimum atomic E-state index is -0.449. The number of benzene rings is 2. The lowest BCUT2D eigenvalue weighted by atomic mass is 10.1. The third kappa shape index (κ3) is 5.08. The molecule has 0 radical (unpaired) electrons. The second-order valence-corrected chi connectivity index (χ2v) is 8.59. The first kappa shape index (κ1) is 22.2. The van der Waals surface area contributed by atoms with E-state index in [-0.39, 0.29) is 11.6 Å². The van der Waals surface area contributed by atoms with Crippen LogP contribution in [0.15, 0.2) is 48.5 Å². The molecule has 0 aliphatic carbocycles. The highest BCUT2D eigenvalue weighted by Gasteiger charge is 2.26. The number of amides is 1. The number of nitro groups is 1. The molecule has 0 unspecified atom stereocenters. The standard InChI is InChI=1S/C24H31N5O3/c1-25-12-4-13-26(17-16-25)18-19-27-14-5-15-28(23-7-3-2-6-22(23)27)24(30)20-8-10-21(11-9-20)29(31)32/h2-3,6-11H,4-5,12-19H2,1H3. The van der Waals surface area contributed by atoms with Gasteiger partial charge in [-0.15, -0.1) is 0 Å². The van der Waals surface area contributed by atoms with Gasteiger partial charge in [-0.3, -0.25) is 14.9 Å². The summed E-state index contributed by atoms with van der Waals surface area (Å²) in [4.78, 5) is 32.9. The summed E-state index contributed by atoms with van der Waals surface area (Å²) in [6, 6.07) is 13.9. The number of hydrogen-bond acceptors (Lipinski definition) is 6. The van der Waals surface area contributed by atoms with Gasteiger partial charge in [-0.1, -0.05) is 12.1 Å². The zero-order valence-corrected chi connectivity index (χ0v) is 18.7. The molecule has 0 N–H and O–H groups in total. The van der Waals surface area contributed by atoms with Gasteiger partial charge in [0.25, 0.3) is 11.6 Å². The van der Waals surface area contributed by atoms with Crippen molar-refractivity contribution in [3.05, 3.63) is 64.2 Å². The third-order valence-corrected chi connectivity index (χ3v) is 6.39. The Bertz CT molecular complexity index is 949. The van der Waals surface area contributed by atoms with Gasteiger partial charge in [0.2, 0.25) is 0 Å². The Labute approximate surface area is 189 Å². The second-order valence-electron chi connectivity index (χ2n) is 8.59. The highest BCUT2D eigenvalue weighted by Crippen LogP contribution is 2.33. The van der Waals surface area contributed by atoms with Crippen molar-refractivity contribution < 1.29 is 9.72 Å². The monoisotopic (exact) mass is 437 g/mol. The fraction of sp³-hybridized carbons (Fsp3) is 0.458. The second kappa shape index (κ2) is 10.1. The Hall–Kier alpha value is -2.97. The van der Waals surface area contributed by atoms with Crippen molar-refractivity contribution in [1.82, 2.24) is 9.80 Å². The van der Waals surface area contributed by atoms with Gasteiger partial charge in [-0.2, -0.15) is 0 Å². The van der Waals surface area contributed by atoms with Gasteiger partial charge in [-0.05, 0) is 57.2 Å². The van der Waals surface area contributed by atoms with E-state index in [4.69, 9.17) is 0 Å². The molecule has 170 valence electrons. The van der Waals surface area contributed by atoms with Gasteiger partial charge in [0.05, 0.1) is 16.3 Å². The van der Waals surface area contributed by atoms with E-state index in [2.05, 4.69) is 27.8 Å². The Morgan fingerprint density at radius 3 is 2.34 bits per heavy atom. The van der Waals surface area contributed by atoms with Gasteiger partial charge < -0.3 is 19.6 Å². The maximum Gasteiger partial charge on any atom is 0.269 e. The number of para-hydroxylation sites is 2. The van der Waals surface area contributed by atoms with Crippen molar-refractivity contribution in [3.8, 4) is 0 Å². The first-order chi connectivity index (χ1) is 15.5. The lowest BCUT2D eigenvalue weighted by molar-refractivity contribution is -0.384. The summed E-state index contributed by atoms with van der Waals surface area (Å²) in [6.07, 6.45) is 2.07. The average molecular weight is 438 g/mol. The van der Waals surface area contributed by atoms with E-state index in [9.17, 15) is 14.9 Å². The molecule has 8 heteroatoms. The molecule has 0 saturated carbocycles. The maximum atomic E-state index is 13.3. The number of anilines is 2. The van der Waals surface area contributed by atoms with E-state index in [0.29, 0.717) is 12.1 Å². The maximum absolute atomic E-state index is 13.3. The van der Waals surface area contributed by atoms with E-state index in [0.717, 1.165) is 63.6 Å². The first-order valence-electron chi connectivity index (χ1n) is 11.3. The summed E-state index contributed by atoms with van der Waals surface area (Å²) in [5, 5.41) is 10.9. The van der Waals surface area contributed by atoms with Crippen LogP contribution in [-0.2, 0) is 0 Å². The number of likely N-dealkylation sites (N-methyl/N-ethyl adjacent to an activating group) is 1. The van der Waals surface area contributed by atoms with Crippen molar-refractivity contribution in [2.24, 2.45) is 0 Å². The van der Waals surface area contributed by atoms with E-state index < -0.39 is 4.92 Å². The molecule has 1 amide bonds. The summed E-state index contributed by atoms with van der Waals surface area (Å²) in [6.45, 7) is 7.95. The lowest BCUT2D eigenvalue weighted by Crippen LogP contribution is -2.37. The van der Waals surface area contributed by atoms with Crippen molar-refractivity contribution in [3.63, 3.8) is 0 Å². The normalized spacial score (nSPS) is 18.0.